The molecule has 0 bridgehead atoms. The second kappa shape index (κ2) is 11.0. The molecule has 4 heteroatoms. The van der Waals surface area contributed by atoms with Gasteiger partial charge in [-0.25, -0.2) is 0 Å². The van der Waals surface area contributed by atoms with Crippen LogP contribution in [0, 0.1) is 31.6 Å². The first-order valence-corrected chi connectivity index (χ1v) is 10.2. The van der Waals surface area contributed by atoms with E-state index in [1.807, 2.05) is 0 Å². The smallest absolute Gasteiger partial charge is 1.00 e. The Morgan fingerprint density at radius 3 is 1.86 bits per heavy atom. The number of hydrogen-bond donors (Lipinski definition) is 0. The van der Waals surface area contributed by atoms with Gasteiger partial charge in [0.1, 0.15) is 0 Å². The van der Waals surface area contributed by atoms with Gasteiger partial charge in [-0.3, -0.25) is 0 Å². The molecule has 0 saturated heterocycles. The summed E-state index contributed by atoms with van der Waals surface area (Å²) in [6.45, 7) is 4.42. The summed E-state index contributed by atoms with van der Waals surface area (Å²) in [6.07, 6.45) is 10.7. The van der Waals surface area contributed by atoms with Crippen LogP contribution in [0.4, 0.5) is 0 Å². The van der Waals surface area contributed by atoms with Crippen molar-refractivity contribution in [2.24, 2.45) is 17.8 Å². The SMILES string of the molecule is Cc1cccc(C(c2cccc(C)c2)C2CC3C=CC=CC3[CH]2[Ti+3])c1.[Cl-].[Cl-].[Cl-]. The van der Waals surface area contributed by atoms with Crippen molar-refractivity contribution in [3.63, 3.8) is 0 Å². The number of halogens is 3. The van der Waals surface area contributed by atoms with Crippen molar-refractivity contribution in [2.45, 2.75) is 30.4 Å². The first-order valence-electron chi connectivity index (χ1n) is 9.33. The summed E-state index contributed by atoms with van der Waals surface area (Å²) in [6, 6.07) is 18.3. The molecule has 4 atom stereocenters. The van der Waals surface area contributed by atoms with E-state index in [-0.39, 0.29) is 37.2 Å². The quantitative estimate of drug-likeness (QED) is 0.427. The fourth-order valence-electron chi connectivity index (χ4n) is 4.80. The monoisotopic (exact) mass is 466 g/mol. The van der Waals surface area contributed by atoms with Crippen molar-refractivity contribution in [1.29, 1.82) is 0 Å². The van der Waals surface area contributed by atoms with E-state index in [1.54, 1.807) is 0 Å². The van der Waals surface area contributed by atoms with E-state index < -0.39 is 0 Å². The van der Waals surface area contributed by atoms with Gasteiger partial charge >= 0.3 is 164 Å². The molecule has 4 rings (SSSR count). The maximum Gasteiger partial charge on any atom is -1.00 e. The minimum atomic E-state index is 0. The average Bonchev–Trinajstić information content (AvgIpc) is 2.93. The van der Waals surface area contributed by atoms with Gasteiger partial charge in [0.25, 0.3) is 0 Å². The molecule has 4 unspecified atom stereocenters. The zero-order valence-corrected chi connectivity index (χ0v) is 20.0. The van der Waals surface area contributed by atoms with Crippen molar-refractivity contribution in [1.82, 2.24) is 0 Å². The van der Waals surface area contributed by atoms with Crippen molar-refractivity contribution in [2.75, 3.05) is 0 Å². The molecule has 28 heavy (non-hydrogen) atoms. The molecule has 2 aromatic rings. The maximum atomic E-state index is 2.47. The van der Waals surface area contributed by atoms with E-state index in [1.165, 1.54) is 28.7 Å². The molecule has 0 spiro atoms. The van der Waals surface area contributed by atoms with Crippen LogP contribution in [0.5, 0.6) is 0 Å². The summed E-state index contributed by atoms with van der Waals surface area (Å²) in [4.78, 5) is 0. The van der Waals surface area contributed by atoms with Crippen molar-refractivity contribution in [3.05, 3.63) is 95.1 Å². The van der Waals surface area contributed by atoms with Gasteiger partial charge < -0.3 is 37.2 Å². The van der Waals surface area contributed by atoms with Gasteiger partial charge in [-0.2, -0.15) is 0 Å². The van der Waals surface area contributed by atoms with E-state index in [0.717, 1.165) is 0 Å². The molecule has 0 amide bonds. The number of hydrogen-bond acceptors (Lipinski definition) is 0. The standard InChI is InChI=1S/C24H25.3ClH.Ti/c1-17-7-5-11-21(13-17)24(22-12-6-8-18(2)14-22)23-15-19-9-3-4-10-20(19)16-23;;;;/h3-15,19-20,23-24H,16H2,1-2H3;3*1H;/q;;;;+3/p-3. The van der Waals surface area contributed by atoms with E-state index in [9.17, 15) is 0 Å². The Kier molecular flexibility index (Phi) is 10.1. The van der Waals surface area contributed by atoms with Crippen molar-refractivity contribution in [3.8, 4) is 0 Å². The molecule has 2 aromatic carbocycles. The fraction of sp³-hybridized carbons (Fsp3) is 0.333. The zero-order valence-electron chi connectivity index (χ0n) is 16.2. The molecule has 146 valence electrons. The first kappa shape index (κ1) is 25.5. The number of allylic oxidation sites excluding steroid dienone is 4. The summed E-state index contributed by atoms with van der Waals surface area (Å²) in [5.41, 5.74) is 5.68. The Hall–Kier alpha value is -0.496. The Bertz CT molecular complexity index is 785. The van der Waals surface area contributed by atoms with Crippen LogP contribution in [0.15, 0.2) is 72.8 Å². The first-order chi connectivity index (χ1) is 12.1. The summed E-state index contributed by atoms with van der Waals surface area (Å²) >= 11 is 2.47. The Morgan fingerprint density at radius 2 is 1.36 bits per heavy atom. The summed E-state index contributed by atoms with van der Waals surface area (Å²) in [5, 5.41) is 0. The molecule has 0 heterocycles. The fourth-order valence-corrected chi connectivity index (χ4v) is 5.87. The molecule has 2 aliphatic carbocycles. The Morgan fingerprint density at radius 1 is 0.821 bits per heavy atom. The van der Waals surface area contributed by atoms with Crippen LogP contribution in [0.1, 0.15) is 34.6 Å². The Labute approximate surface area is 199 Å². The summed E-state index contributed by atoms with van der Waals surface area (Å²) in [5.74, 6) is 2.59. The molecular weight excluding hydrogens is 442 g/mol. The van der Waals surface area contributed by atoms with Crippen LogP contribution < -0.4 is 37.2 Å². The largest absolute Gasteiger partial charge is 1.00 e. The number of benzene rings is 2. The van der Waals surface area contributed by atoms with Gasteiger partial charge in [-0.15, -0.1) is 0 Å². The van der Waals surface area contributed by atoms with Gasteiger partial charge in [-0.1, -0.05) is 0 Å². The van der Waals surface area contributed by atoms with Gasteiger partial charge in [0.2, 0.25) is 0 Å². The predicted octanol–water partition coefficient (Wildman–Crippen LogP) is -2.84. The second-order valence-corrected chi connectivity index (χ2v) is 8.78. The molecule has 0 radical (unpaired) electrons. The Balaban J connectivity index is 0.00000131. The van der Waals surface area contributed by atoms with Crippen LogP contribution >= 0.6 is 0 Å². The predicted molar refractivity (Wildman–Crippen MR) is 101 cm³/mol. The number of fused-ring (bicyclic) bond motifs is 1. The normalized spacial score (nSPS) is 24.8. The van der Waals surface area contributed by atoms with Gasteiger partial charge in [0.15, 0.2) is 0 Å². The second-order valence-electron chi connectivity index (χ2n) is 7.74. The molecule has 2 aliphatic rings. The van der Waals surface area contributed by atoms with Crippen LogP contribution in [0.3, 0.4) is 0 Å². The van der Waals surface area contributed by atoms with Crippen LogP contribution in [-0.2, 0) is 20.4 Å². The number of rotatable bonds is 3. The molecule has 0 aromatic heterocycles. The zero-order chi connectivity index (χ0) is 17.4. The molecule has 1 saturated carbocycles. The van der Waals surface area contributed by atoms with Crippen molar-refractivity contribution >= 4 is 0 Å². The third-order valence-corrected chi connectivity index (χ3v) is 7.22. The average molecular weight is 468 g/mol. The minimum Gasteiger partial charge on any atom is -1.00 e. The van der Waals surface area contributed by atoms with Crippen LogP contribution in [0.2, 0.25) is 4.22 Å². The molecule has 0 N–H and O–H groups in total. The third kappa shape index (κ3) is 5.16. The number of aryl methyl sites for hydroxylation is 2. The van der Waals surface area contributed by atoms with Gasteiger partial charge in [0, 0.05) is 0 Å². The van der Waals surface area contributed by atoms with E-state index in [0.29, 0.717) is 27.9 Å². The van der Waals surface area contributed by atoms with E-state index in [4.69, 9.17) is 0 Å². The van der Waals surface area contributed by atoms with E-state index in [2.05, 4.69) is 107 Å². The third-order valence-electron chi connectivity index (χ3n) is 5.95. The van der Waals surface area contributed by atoms with Crippen LogP contribution in [0.25, 0.3) is 0 Å². The summed E-state index contributed by atoms with van der Waals surface area (Å²) < 4.78 is 0.706. The molecule has 0 aliphatic heterocycles. The van der Waals surface area contributed by atoms with Crippen LogP contribution in [-0.4, -0.2) is 0 Å². The topological polar surface area (TPSA) is 0 Å². The van der Waals surface area contributed by atoms with Crippen molar-refractivity contribution < 1.29 is 57.7 Å². The van der Waals surface area contributed by atoms with E-state index >= 15 is 0 Å². The molecule has 0 nitrogen and oxygen atoms in total. The summed E-state index contributed by atoms with van der Waals surface area (Å²) in [7, 11) is 0. The molecular formula is C24H25Cl3Ti. The maximum absolute atomic E-state index is 2.47. The van der Waals surface area contributed by atoms with Gasteiger partial charge in [0.05, 0.1) is 0 Å². The van der Waals surface area contributed by atoms with Gasteiger partial charge in [-0.05, 0) is 0 Å². The minimum absolute atomic E-state index is 0. The molecule has 1 fully saturated rings.